The Bertz CT molecular complexity index is 509. The molecule has 0 radical (unpaired) electrons. The van der Waals surface area contributed by atoms with Gasteiger partial charge in [-0.05, 0) is 37.2 Å². The highest BCUT2D eigenvalue weighted by atomic mass is 35.5. The first kappa shape index (κ1) is 14.6. The molecule has 0 aromatic carbocycles. The molecule has 2 rings (SSSR count). The van der Waals surface area contributed by atoms with E-state index in [9.17, 15) is 0 Å². The molecule has 1 atom stereocenters. The summed E-state index contributed by atoms with van der Waals surface area (Å²) in [4.78, 5) is 1.16. The molecule has 0 aliphatic carbocycles. The van der Waals surface area contributed by atoms with Crippen molar-refractivity contribution in [1.29, 1.82) is 0 Å². The van der Waals surface area contributed by atoms with Crippen LogP contribution in [-0.2, 0) is 11.3 Å². The predicted octanol–water partition coefficient (Wildman–Crippen LogP) is 4.23. The number of methoxy groups -OCH3 is 1. The molecule has 19 heavy (non-hydrogen) atoms. The van der Waals surface area contributed by atoms with Crippen molar-refractivity contribution in [3.63, 3.8) is 0 Å². The van der Waals surface area contributed by atoms with Gasteiger partial charge < -0.3 is 14.5 Å². The number of hydrogen-bond donors (Lipinski definition) is 1. The zero-order chi connectivity index (χ0) is 13.7. The van der Waals surface area contributed by atoms with Gasteiger partial charge in [0.1, 0.15) is 24.2 Å². The Kier molecular flexibility index (Phi) is 5.45. The van der Waals surface area contributed by atoms with E-state index in [1.54, 1.807) is 18.4 Å². The second-order valence-electron chi connectivity index (χ2n) is 4.27. The van der Waals surface area contributed by atoms with Crippen molar-refractivity contribution >= 4 is 22.9 Å². The highest BCUT2D eigenvalue weighted by Crippen LogP contribution is 2.32. The maximum Gasteiger partial charge on any atom is 0.129 e. The van der Waals surface area contributed by atoms with Crippen LogP contribution >= 0.6 is 22.9 Å². The lowest BCUT2D eigenvalue weighted by Gasteiger charge is -2.14. The largest absolute Gasteiger partial charge is 0.462 e. The van der Waals surface area contributed by atoms with E-state index in [1.807, 2.05) is 24.3 Å². The van der Waals surface area contributed by atoms with E-state index < -0.39 is 0 Å². The smallest absolute Gasteiger partial charge is 0.129 e. The van der Waals surface area contributed by atoms with Crippen LogP contribution < -0.4 is 5.32 Å². The molecule has 0 saturated carbocycles. The first-order valence-electron chi connectivity index (χ1n) is 6.30. The summed E-state index contributed by atoms with van der Waals surface area (Å²) < 4.78 is 11.7. The average molecular weight is 300 g/mol. The van der Waals surface area contributed by atoms with Gasteiger partial charge >= 0.3 is 0 Å². The fourth-order valence-electron chi connectivity index (χ4n) is 1.88. The minimum absolute atomic E-state index is 0.0584. The Balaban J connectivity index is 2.20. The summed E-state index contributed by atoms with van der Waals surface area (Å²) in [5.74, 6) is 1.74. The summed E-state index contributed by atoms with van der Waals surface area (Å²) in [6, 6.07) is 7.97. The lowest BCUT2D eigenvalue weighted by atomic mass is 10.2. The van der Waals surface area contributed by atoms with E-state index >= 15 is 0 Å². The fourth-order valence-corrected chi connectivity index (χ4v) is 3.03. The van der Waals surface area contributed by atoms with E-state index in [0.717, 1.165) is 33.7 Å². The third kappa shape index (κ3) is 3.83. The number of ether oxygens (including phenoxy) is 1. The fraction of sp³-hybridized carbons (Fsp3) is 0.429. The summed E-state index contributed by atoms with van der Waals surface area (Å²) in [6.45, 7) is 3.57. The van der Waals surface area contributed by atoms with Crippen molar-refractivity contribution in [2.45, 2.75) is 26.0 Å². The van der Waals surface area contributed by atoms with Gasteiger partial charge in [0.25, 0.3) is 0 Å². The molecule has 1 N–H and O–H groups in total. The van der Waals surface area contributed by atoms with Gasteiger partial charge in [-0.15, -0.1) is 11.3 Å². The Labute approximate surface area is 122 Å². The van der Waals surface area contributed by atoms with Crippen LogP contribution in [0.5, 0.6) is 0 Å². The van der Waals surface area contributed by atoms with Crippen LogP contribution in [0.3, 0.4) is 0 Å². The van der Waals surface area contributed by atoms with Gasteiger partial charge in [-0.1, -0.05) is 18.5 Å². The topological polar surface area (TPSA) is 34.4 Å². The summed E-state index contributed by atoms with van der Waals surface area (Å²) in [7, 11) is 1.66. The molecule has 1 unspecified atom stereocenters. The molecule has 5 heteroatoms. The normalized spacial score (nSPS) is 12.8. The van der Waals surface area contributed by atoms with Crippen molar-refractivity contribution in [2.75, 3.05) is 13.7 Å². The molecule has 104 valence electrons. The molecule has 2 heterocycles. The van der Waals surface area contributed by atoms with Gasteiger partial charge in [-0.25, -0.2) is 0 Å². The van der Waals surface area contributed by atoms with Crippen molar-refractivity contribution in [3.05, 3.63) is 45.0 Å². The van der Waals surface area contributed by atoms with E-state index in [1.165, 1.54) is 0 Å². The predicted molar refractivity (Wildman–Crippen MR) is 78.9 cm³/mol. The Morgan fingerprint density at radius 3 is 2.84 bits per heavy atom. The van der Waals surface area contributed by atoms with Crippen LogP contribution in [0, 0.1) is 0 Å². The first-order chi connectivity index (χ1) is 9.24. The molecule has 0 amide bonds. The summed E-state index contributed by atoms with van der Waals surface area (Å²) in [6.07, 6.45) is 1.07. The van der Waals surface area contributed by atoms with E-state index in [2.05, 4.69) is 12.2 Å². The Morgan fingerprint density at radius 2 is 2.21 bits per heavy atom. The molecular weight excluding hydrogens is 282 g/mol. The highest BCUT2D eigenvalue weighted by molar-refractivity contribution is 7.16. The Hall–Kier alpha value is -0.810. The Morgan fingerprint density at radius 1 is 1.37 bits per heavy atom. The molecule has 0 spiro atoms. The second kappa shape index (κ2) is 7.10. The number of halogens is 1. The highest BCUT2D eigenvalue weighted by Gasteiger charge is 2.19. The monoisotopic (exact) mass is 299 g/mol. The molecule has 0 saturated heterocycles. The van der Waals surface area contributed by atoms with Crippen LogP contribution in [0.1, 0.15) is 35.8 Å². The van der Waals surface area contributed by atoms with Crippen LogP contribution in [0.4, 0.5) is 0 Å². The van der Waals surface area contributed by atoms with E-state index in [-0.39, 0.29) is 6.04 Å². The van der Waals surface area contributed by atoms with Crippen LogP contribution in [0.2, 0.25) is 4.34 Å². The molecule has 0 aliphatic rings. The van der Waals surface area contributed by atoms with Gasteiger partial charge in [0, 0.05) is 12.0 Å². The summed E-state index contributed by atoms with van der Waals surface area (Å²) in [5.41, 5.74) is 0. The molecule has 3 nitrogen and oxygen atoms in total. The quantitative estimate of drug-likeness (QED) is 0.831. The average Bonchev–Trinajstić information content (AvgIpc) is 3.01. The molecule has 2 aromatic rings. The van der Waals surface area contributed by atoms with Crippen molar-refractivity contribution in [1.82, 2.24) is 5.32 Å². The first-order valence-corrected chi connectivity index (χ1v) is 7.50. The van der Waals surface area contributed by atoms with E-state index in [0.29, 0.717) is 6.61 Å². The molecule has 0 aliphatic heterocycles. The van der Waals surface area contributed by atoms with Gasteiger partial charge in [0.15, 0.2) is 0 Å². The number of hydrogen-bond acceptors (Lipinski definition) is 4. The van der Waals surface area contributed by atoms with Crippen LogP contribution in [-0.4, -0.2) is 13.7 Å². The van der Waals surface area contributed by atoms with E-state index in [4.69, 9.17) is 20.8 Å². The standard InChI is InChI=1S/C14H18ClNO2S/c1-3-8-16-14(12-6-7-13(15)19-12)11-5-4-10(18-11)9-17-2/h4-7,14,16H,3,8-9H2,1-2H3. The van der Waals surface area contributed by atoms with Gasteiger partial charge in [-0.2, -0.15) is 0 Å². The molecular formula is C14H18ClNO2S. The number of rotatable bonds is 7. The maximum absolute atomic E-state index is 6.02. The zero-order valence-corrected chi connectivity index (χ0v) is 12.7. The van der Waals surface area contributed by atoms with Crippen LogP contribution in [0.15, 0.2) is 28.7 Å². The van der Waals surface area contributed by atoms with Crippen molar-refractivity contribution in [2.24, 2.45) is 0 Å². The van der Waals surface area contributed by atoms with Crippen molar-refractivity contribution in [3.8, 4) is 0 Å². The minimum Gasteiger partial charge on any atom is -0.462 e. The second-order valence-corrected chi connectivity index (χ2v) is 6.01. The lowest BCUT2D eigenvalue weighted by Crippen LogP contribution is -2.21. The number of nitrogens with one attached hydrogen (secondary N) is 1. The SMILES string of the molecule is CCCNC(c1ccc(COC)o1)c1ccc(Cl)s1. The number of furan rings is 1. The van der Waals surface area contributed by atoms with Gasteiger partial charge in [0.05, 0.1) is 4.34 Å². The summed E-state index contributed by atoms with van der Waals surface area (Å²) >= 11 is 7.60. The lowest BCUT2D eigenvalue weighted by molar-refractivity contribution is 0.162. The van der Waals surface area contributed by atoms with Crippen LogP contribution in [0.25, 0.3) is 0 Å². The minimum atomic E-state index is 0.0584. The van der Waals surface area contributed by atoms with Gasteiger partial charge in [-0.3, -0.25) is 0 Å². The maximum atomic E-state index is 6.02. The number of thiophene rings is 1. The summed E-state index contributed by atoms with van der Waals surface area (Å²) in [5, 5.41) is 3.49. The molecule has 0 fully saturated rings. The van der Waals surface area contributed by atoms with Crippen molar-refractivity contribution < 1.29 is 9.15 Å². The molecule has 0 bridgehead atoms. The van der Waals surface area contributed by atoms with Gasteiger partial charge in [0.2, 0.25) is 0 Å². The third-order valence-electron chi connectivity index (χ3n) is 2.73. The zero-order valence-electron chi connectivity index (χ0n) is 11.1. The molecule has 2 aromatic heterocycles. The third-order valence-corrected chi connectivity index (χ3v) is 4.03.